The van der Waals surface area contributed by atoms with E-state index >= 15 is 0 Å². The number of hydrogen-bond acceptors (Lipinski definition) is 14. The van der Waals surface area contributed by atoms with Gasteiger partial charge < -0.3 is 53.8 Å². The zero-order valence-electron chi connectivity index (χ0n) is 44.1. The molecule has 0 radical (unpaired) electrons. The molecule has 2 aromatic rings. The number of ether oxygens (including phenoxy) is 7. The molecule has 0 spiro atoms. The number of amides is 1. The van der Waals surface area contributed by atoms with Crippen LogP contribution in [-0.4, -0.2) is 153 Å². The fourth-order valence-corrected chi connectivity index (χ4v) is 11.3. The molecule has 73 heavy (non-hydrogen) atoms. The van der Waals surface area contributed by atoms with Crippen molar-refractivity contribution in [2.45, 2.75) is 97.0 Å². The van der Waals surface area contributed by atoms with Crippen LogP contribution in [0.3, 0.4) is 0 Å². The highest BCUT2D eigenvalue weighted by Gasteiger charge is 2.62. The molecule has 5 atom stereocenters. The maximum absolute atomic E-state index is 12.4. The number of ketones is 3. The van der Waals surface area contributed by atoms with Gasteiger partial charge in [0.2, 0.25) is 5.91 Å². The van der Waals surface area contributed by atoms with E-state index in [1.165, 1.54) is 36.1 Å². The van der Waals surface area contributed by atoms with Gasteiger partial charge in [-0.3, -0.25) is 19.2 Å². The number of hydrogen-bond donors (Lipinski definition) is 3. The van der Waals surface area contributed by atoms with E-state index in [1.54, 1.807) is 18.2 Å². The van der Waals surface area contributed by atoms with Gasteiger partial charge in [-0.1, -0.05) is 42.7 Å². The van der Waals surface area contributed by atoms with E-state index in [0.29, 0.717) is 147 Å². The largest absolute Gasteiger partial charge is 0.384 e. The van der Waals surface area contributed by atoms with Crippen LogP contribution in [0.15, 0.2) is 65.3 Å². The lowest BCUT2D eigenvalue weighted by atomic mass is 9.51. The van der Waals surface area contributed by atoms with Crippen molar-refractivity contribution in [3.8, 4) is 11.8 Å². The van der Waals surface area contributed by atoms with Crippen LogP contribution in [0.1, 0.15) is 118 Å². The summed E-state index contributed by atoms with van der Waals surface area (Å²) >= 11 is 0. The van der Waals surface area contributed by atoms with Gasteiger partial charge in [0.05, 0.1) is 78.2 Å². The summed E-state index contributed by atoms with van der Waals surface area (Å²) in [6.07, 6.45) is 9.24. The summed E-state index contributed by atoms with van der Waals surface area (Å²) in [5.74, 6) is 7.05. The SMILES string of the molecule is CC#CC1(O)CCC2C3CCC4=CC(=O)CCC4=C3C(c3ccc(N(C)CCOCCOCCOCCOCC(=O)NCCCOCCOCCOCCCNc4cccc(C(C)=O)c4C(C)=O)cc3)CC21C. The van der Waals surface area contributed by atoms with E-state index in [0.717, 1.165) is 50.8 Å². The summed E-state index contributed by atoms with van der Waals surface area (Å²) in [4.78, 5) is 50.7. The number of carbonyl (C=O) groups excluding carboxylic acids is 4. The van der Waals surface area contributed by atoms with Crippen molar-refractivity contribution >= 4 is 34.6 Å². The van der Waals surface area contributed by atoms with E-state index < -0.39 is 5.60 Å². The van der Waals surface area contributed by atoms with Crippen molar-refractivity contribution in [2.75, 3.05) is 129 Å². The summed E-state index contributed by atoms with van der Waals surface area (Å²) in [7, 11) is 2.07. The second kappa shape index (κ2) is 29.4. The molecular formula is C58H81N3O12. The van der Waals surface area contributed by atoms with Gasteiger partial charge in [0.1, 0.15) is 12.2 Å². The van der Waals surface area contributed by atoms with Crippen LogP contribution < -0.4 is 15.5 Å². The zero-order chi connectivity index (χ0) is 52.1. The predicted molar refractivity (Wildman–Crippen MR) is 281 cm³/mol. The third-order valence-corrected chi connectivity index (χ3v) is 15.0. The second-order valence-corrected chi connectivity index (χ2v) is 19.8. The van der Waals surface area contributed by atoms with E-state index in [4.69, 9.17) is 33.2 Å². The number of likely N-dealkylation sites (N-methyl/N-ethyl adjacent to an activating group) is 1. The average Bonchev–Trinajstić information content (AvgIpc) is 3.64. The summed E-state index contributed by atoms with van der Waals surface area (Å²) in [6, 6.07) is 14.2. The molecule has 0 aromatic heterocycles. The number of anilines is 2. The Bertz CT molecular complexity index is 2270. The maximum atomic E-state index is 12.4. The minimum atomic E-state index is -0.988. The number of rotatable bonds is 33. The fourth-order valence-electron chi connectivity index (χ4n) is 11.3. The Morgan fingerprint density at radius 1 is 0.753 bits per heavy atom. The average molecular weight is 1010 g/mol. The van der Waals surface area contributed by atoms with Gasteiger partial charge >= 0.3 is 0 Å². The van der Waals surface area contributed by atoms with Gasteiger partial charge in [-0.05, 0) is 125 Å². The van der Waals surface area contributed by atoms with Gasteiger partial charge in [0.15, 0.2) is 17.3 Å². The highest BCUT2D eigenvalue weighted by molar-refractivity contribution is 6.10. The van der Waals surface area contributed by atoms with Crippen molar-refractivity contribution in [1.29, 1.82) is 0 Å². The third kappa shape index (κ3) is 16.1. The van der Waals surface area contributed by atoms with Crippen molar-refractivity contribution in [1.82, 2.24) is 5.32 Å². The molecule has 0 aliphatic heterocycles. The molecule has 0 heterocycles. The van der Waals surface area contributed by atoms with Gasteiger partial charge in [-0.25, -0.2) is 0 Å². The van der Waals surface area contributed by atoms with Crippen molar-refractivity contribution in [3.63, 3.8) is 0 Å². The lowest BCUT2D eigenvalue weighted by Crippen LogP contribution is -2.51. The van der Waals surface area contributed by atoms with Gasteiger partial charge in [0, 0.05) is 74.6 Å². The summed E-state index contributed by atoms with van der Waals surface area (Å²) < 4.78 is 39.3. The minimum absolute atomic E-state index is 0.0360. The molecule has 4 aliphatic carbocycles. The molecule has 0 bridgehead atoms. The van der Waals surface area contributed by atoms with E-state index in [9.17, 15) is 24.3 Å². The van der Waals surface area contributed by atoms with Gasteiger partial charge in [0.25, 0.3) is 0 Å². The van der Waals surface area contributed by atoms with Crippen molar-refractivity contribution < 1.29 is 57.4 Å². The normalized spacial score (nSPS) is 22.1. The Hall–Kier alpha value is -4.76. The zero-order valence-corrected chi connectivity index (χ0v) is 44.1. The number of aliphatic hydroxyl groups is 1. The second-order valence-electron chi connectivity index (χ2n) is 19.8. The summed E-state index contributed by atoms with van der Waals surface area (Å²) in [6.45, 7) is 14.7. The van der Waals surface area contributed by atoms with Crippen LogP contribution in [0.5, 0.6) is 0 Å². The van der Waals surface area contributed by atoms with E-state index in [-0.39, 0.29) is 41.2 Å². The van der Waals surface area contributed by atoms with Crippen LogP contribution in [-0.2, 0) is 42.7 Å². The number of benzene rings is 2. The monoisotopic (exact) mass is 1010 g/mol. The highest BCUT2D eigenvalue weighted by Crippen LogP contribution is 2.66. The minimum Gasteiger partial charge on any atom is -0.384 e. The molecule has 2 aromatic carbocycles. The van der Waals surface area contributed by atoms with E-state index in [1.807, 2.05) is 13.0 Å². The van der Waals surface area contributed by atoms with Crippen LogP contribution in [0.4, 0.5) is 11.4 Å². The predicted octanol–water partition coefficient (Wildman–Crippen LogP) is 7.31. The topological polar surface area (TPSA) is 180 Å². The molecule has 3 N–H and O–H groups in total. The summed E-state index contributed by atoms with van der Waals surface area (Å²) in [5.41, 5.74) is 6.78. The first-order valence-electron chi connectivity index (χ1n) is 26.5. The number of nitrogens with one attached hydrogen (secondary N) is 2. The Morgan fingerprint density at radius 2 is 1.37 bits per heavy atom. The van der Waals surface area contributed by atoms with E-state index in [2.05, 4.69) is 65.6 Å². The van der Waals surface area contributed by atoms with Gasteiger partial charge in [-0.15, -0.1) is 5.92 Å². The molecule has 2 saturated carbocycles. The number of allylic oxidation sites excluding steroid dienone is 4. The summed E-state index contributed by atoms with van der Waals surface area (Å²) in [5, 5.41) is 18.0. The molecule has 5 unspecified atom stereocenters. The first-order chi connectivity index (χ1) is 35.4. The molecule has 400 valence electrons. The molecule has 6 rings (SSSR count). The molecule has 15 heteroatoms. The smallest absolute Gasteiger partial charge is 0.246 e. The number of fused-ring (bicyclic) bond motifs is 4. The molecule has 0 saturated heterocycles. The van der Waals surface area contributed by atoms with Crippen LogP contribution >= 0.6 is 0 Å². The highest BCUT2D eigenvalue weighted by atomic mass is 16.6. The number of carbonyl (C=O) groups is 4. The Labute approximate surface area is 433 Å². The first kappa shape index (κ1) is 57.5. The molecule has 2 fully saturated rings. The van der Waals surface area contributed by atoms with Gasteiger partial charge in [-0.2, -0.15) is 0 Å². The number of nitrogens with zero attached hydrogens (tertiary/aromatic N) is 1. The lowest BCUT2D eigenvalue weighted by molar-refractivity contribution is -0.126. The molecule has 1 amide bonds. The quantitative estimate of drug-likeness (QED) is 0.0368. The lowest BCUT2D eigenvalue weighted by Gasteiger charge is -2.53. The third-order valence-electron chi connectivity index (χ3n) is 15.0. The molecule has 15 nitrogen and oxygen atoms in total. The Balaban J connectivity index is 0.724. The van der Waals surface area contributed by atoms with Crippen LogP contribution in [0, 0.1) is 29.1 Å². The maximum Gasteiger partial charge on any atom is 0.246 e. The fraction of sp³-hybridized carbons (Fsp3) is 0.621. The number of Topliss-reactive ketones (excluding diaryl/α,β-unsaturated/α-hetero) is 2. The van der Waals surface area contributed by atoms with Crippen LogP contribution in [0.25, 0.3) is 0 Å². The Morgan fingerprint density at radius 3 is 2.00 bits per heavy atom. The first-order valence-corrected chi connectivity index (χ1v) is 26.5. The van der Waals surface area contributed by atoms with Crippen molar-refractivity contribution in [3.05, 3.63) is 82.0 Å². The standard InChI is InChI=1S/C58H81N3O12/c1-6-21-58(66)22-20-52-50-18-14-45-39-47(64)17-19-49(45)56(50)51(40-57(52,58)4)44-12-15-46(16-13-44)61(5)25-28-69-31-34-71-35-36-72-37-38-73-41-54(65)60-24-9-27-68-30-33-70-32-29-67-26-8-23-59-53-11-7-10-48(42(2)62)55(53)43(3)63/h7,10-13,15-16,39,50-52,59,66H,8-9,14,17-20,22-38,40-41H2,1-5H3,(H,60,65). The molecule has 4 aliphatic rings. The van der Waals surface area contributed by atoms with Crippen molar-refractivity contribution in [2.24, 2.45) is 17.3 Å². The Kier molecular flexibility index (Phi) is 23.1. The molecular weight excluding hydrogens is 931 g/mol. The van der Waals surface area contributed by atoms with Crippen LogP contribution in [0.2, 0.25) is 0 Å².